The van der Waals surface area contributed by atoms with Crippen molar-refractivity contribution in [1.29, 1.82) is 0 Å². The molecule has 0 spiro atoms. The molecule has 0 aromatic heterocycles. The topological polar surface area (TPSA) is 66.6 Å². The summed E-state index contributed by atoms with van der Waals surface area (Å²) in [5, 5.41) is 9.15. The van der Waals surface area contributed by atoms with Gasteiger partial charge in [0.25, 0.3) is 0 Å². The number of unbranched alkanes of at least 4 members (excludes halogenated alkanes) is 1. The lowest BCUT2D eigenvalue weighted by Gasteiger charge is -2.39. The lowest BCUT2D eigenvalue weighted by atomic mass is 9.73. The number of thiocarbonyl (C=S) groups is 1. The summed E-state index contributed by atoms with van der Waals surface area (Å²) < 4.78 is 0. The van der Waals surface area contributed by atoms with Crippen LogP contribution in [0.3, 0.4) is 0 Å². The lowest BCUT2D eigenvalue weighted by molar-refractivity contribution is -0.140. The Morgan fingerprint density at radius 1 is 1.32 bits per heavy atom. The summed E-state index contributed by atoms with van der Waals surface area (Å²) in [7, 11) is 0. The van der Waals surface area contributed by atoms with Crippen LogP contribution < -0.4 is 5.73 Å². The maximum atomic E-state index is 12.8. The van der Waals surface area contributed by atoms with E-state index in [-0.39, 0.29) is 12.5 Å². The Balaban J connectivity index is 2.86. The van der Waals surface area contributed by atoms with Gasteiger partial charge in [0.15, 0.2) is 0 Å². The largest absolute Gasteiger partial charge is 0.395 e. The van der Waals surface area contributed by atoms with E-state index in [0.29, 0.717) is 18.1 Å². The molecule has 0 atom stereocenters. The van der Waals surface area contributed by atoms with Gasteiger partial charge in [-0.15, -0.1) is 0 Å². The molecule has 0 aliphatic heterocycles. The number of aliphatic hydroxyl groups is 1. The third-order valence-electron chi connectivity index (χ3n) is 4.03. The summed E-state index contributed by atoms with van der Waals surface area (Å²) in [6.45, 7) is 3.14. The van der Waals surface area contributed by atoms with Gasteiger partial charge in [-0.1, -0.05) is 44.8 Å². The predicted molar refractivity (Wildman–Crippen MR) is 80.9 cm³/mol. The van der Waals surface area contributed by atoms with E-state index in [2.05, 4.69) is 6.92 Å². The zero-order valence-electron chi connectivity index (χ0n) is 11.9. The van der Waals surface area contributed by atoms with Crippen LogP contribution in [0.2, 0.25) is 0 Å². The number of nitrogens with zero attached hydrogens (tertiary/aromatic N) is 1. The molecule has 19 heavy (non-hydrogen) atoms. The molecular weight excluding hydrogens is 260 g/mol. The molecule has 110 valence electrons. The molecule has 0 saturated heterocycles. The van der Waals surface area contributed by atoms with Gasteiger partial charge in [-0.2, -0.15) is 0 Å². The predicted octanol–water partition coefficient (Wildman–Crippen LogP) is 1.84. The first-order chi connectivity index (χ1) is 9.08. The first kappa shape index (κ1) is 16.4. The summed E-state index contributed by atoms with van der Waals surface area (Å²) in [6.07, 6.45) is 6.64. The summed E-state index contributed by atoms with van der Waals surface area (Å²) in [5.41, 5.74) is 5.23. The Morgan fingerprint density at radius 3 is 2.42 bits per heavy atom. The Morgan fingerprint density at radius 2 is 1.95 bits per heavy atom. The van der Waals surface area contributed by atoms with E-state index >= 15 is 0 Å². The molecule has 0 radical (unpaired) electrons. The SMILES string of the molecule is CCCCN(CCO)C(=O)C1(C(N)=S)CCCCC1. The number of hydrogen-bond acceptors (Lipinski definition) is 3. The van der Waals surface area contributed by atoms with Gasteiger partial charge in [0.05, 0.1) is 17.0 Å². The van der Waals surface area contributed by atoms with Crippen molar-refractivity contribution in [3.8, 4) is 0 Å². The van der Waals surface area contributed by atoms with E-state index in [1.807, 2.05) is 0 Å². The fraction of sp³-hybridized carbons (Fsp3) is 0.857. The molecule has 3 N–H and O–H groups in total. The minimum Gasteiger partial charge on any atom is -0.395 e. The third kappa shape index (κ3) is 3.89. The molecule has 4 nitrogen and oxygen atoms in total. The lowest BCUT2D eigenvalue weighted by Crippen LogP contribution is -2.52. The standard InChI is InChI=1S/C14H26N2O2S/c1-2-3-9-16(10-11-17)13(18)14(12(15)19)7-5-4-6-8-14/h17H,2-11H2,1H3,(H2,15,19). The van der Waals surface area contributed by atoms with Gasteiger partial charge in [0.2, 0.25) is 5.91 Å². The monoisotopic (exact) mass is 286 g/mol. The fourth-order valence-corrected chi connectivity index (χ4v) is 3.10. The number of rotatable bonds is 7. The number of aliphatic hydroxyl groups excluding tert-OH is 1. The van der Waals surface area contributed by atoms with Gasteiger partial charge in [-0.25, -0.2) is 0 Å². The van der Waals surface area contributed by atoms with E-state index in [1.54, 1.807) is 4.90 Å². The molecule has 1 saturated carbocycles. The van der Waals surface area contributed by atoms with Crippen LogP contribution in [0.1, 0.15) is 51.9 Å². The second kappa shape index (κ2) is 7.80. The Kier molecular flexibility index (Phi) is 6.72. The highest BCUT2D eigenvalue weighted by Gasteiger charge is 2.44. The number of amides is 1. The van der Waals surface area contributed by atoms with E-state index in [9.17, 15) is 4.79 Å². The molecule has 1 amide bonds. The number of hydrogen-bond donors (Lipinski definition) is 2. The van der Waals surface area contributed by atoms with Crippen LogP contribution in [0.25, 0.3) is 0 Å². The van der Waals surface area contributed by atoms with Crippen molar-refractivity contribution < 1.29 is 9.90 Å². The average molecular weight is 286 g/mol. The van der Waals surface area contributed by atoms with Crippen molar-refractivity contribution in [2.24, 2.45) is 11.1 Å². The highest BCUT2D eigenvalue weighted by Crippen LogP contribution is 2.38. The van der Waals surface area contributed by atoms with Gasteiger partial charge in [0.1, 0.15) is 0 Å². The van der Waals surface area contributed by atoms with Gasteiger partial charge in [-0.3, -0.25) is 4.79 Å². The second-order valence-corrected chi connectivity index (χ2v) is 5.82. The molecule has 1 aliphatic rings. The van der Waals surface area contributed by atoms with E-state index in [1.165, 1.54) is 0 Å². The summed E-state index contributed by atoms with van der Waals surface area (Å²) >= 11 is 5.19. The maximum Gasteiger partial charge on any atom is 0.235 e. The van der Waals surface area contributed by atoms with Crippen molar-refractivity contribution in [3.05, 3.63) is 0 Å². The molecule has 1 aliphatic carbocycles. The van der Waals surface area contributed by atoms with E-state index in [0.717, 1.165) is 44.9 Å². The minimum absolute atomic E-state index is 0.0110. The van der Waals surface area contributed by atoms with Crippen LogP contribution in [0.5, 0.6) is 0 Å². The maximum absolute atomic E-state index is 12.8. The third-order valence-corrected chi connectivity index (χ3v) is 4.42. The summed E-state index contributed by atoms with van der Waals surface area (Å²) in [6, 6.07) is 0. The molecule has 0 aromatic carbocycles. The van der Waals surface area contributed by atoms with Crippen LogP contribution in [0, 0.1) is 5.41 Å². The minimum atomic E-state index is -0.656. The van der Waals surface area contributed by atoms with Gasteiger partial charge >= 0.3 is 0 Å². The van der Waals surface area contributed by atoms with E-state index in [4.69, 9.17) is 23.1 Å². The van der Waals surface area contributed by atoms with Crippen LogP contribution in [-0.2, 0) is 4.79 Å². The highest BCUT2D eigenvalue weighted by molar-refractivity contribution is 7.80. The van der Waals surface area contributed by atoms with Crippen LogP contribution in [0.4, 0.5) is 0 Å². The fourth-order valence-electron chi connectivity index (χ4n) is 2.81. The highest BCUT2D eigenvalue weighted by atomic mass is 32.1. The molecular formula is C14H26N2O2S. The zero-order valence-corrected chi connectivity index (χ0v) is 12.7. The summed E-state index contributed by atoms with van der Waals surface area (Å²) in [5.74, 6) is 0.0298. The van der Waals surface area contributed by atoms with Crippen molar-refractivity contribution in [2.45, 2.75) is 51.9 Å². The average Bonchev–Trinajstić information content (AvgIpc) is 2.43. The van der Waals surface area contributed by atoms with Gasteiger partial charge < -0.3 is 15.7 Å². The van der Waals surface area contributed by atoms with Gasteiger partial charge in [-0.05, 0) is 19.3 Å². The quantitative estimate of drug-likeness (QED) is 0.701. The molecule has 0 heterocycles. The molecule has 0 bridgehead atoms. The Bertz CT molecular complexity index is 315. The van der Waals surface area contributed by atoms with E-state index < -0.39 is 5.41 Å². The molecule has 0 unspecified atom stereocenters. The second-order valence-electron chi connectivity index (χ2n) is 5.38. The van der Waals surface area contributed by atoms with Gasteiger partial charge in [0, 0.05) is 13.1 Å². The Hall–Kier alpha value is -0.680. The summed E-state index contributed by atoms with van der Waals surface area (Å²) in [4.78, 5) is 14.9. The first-order valence-electron chi connectivity index (χ1n) is 7.28. The molecule has 0 aromatic rings. The Labute approximate surface area is 121 Å². The molecule has 1 rings (SSSR count). The normalized spacial score (nSPS) is 18.0. The number of nitrogens with two attached hydrogens (primary N) is 1. The van der Waals surface area contributed by atoms with Crippen molar-refractivity contribution in [1.82, 2.24) is 4.90 Å². The van der Waals surface area contributed by atoms with Crippen LogP contribution >= 0.6 is 12.2 Å². The molecule has 1 fully saturated rings. The van der Waals surface area contributed by atoms with Crippen molar-refractivity contribution >= 4 is 23.1 Å². The molecule has 5 heteroatoms. The number of carbonyl (C=O) groups excluding carboxylic acids is 1. The van der Waals surface area contributed by atoms with Crippen molar-refractivity contribution in [2.75, 3.05) is 19.7 Å². The zero-order chi connectivity index (χ0) is 14.3. The van der Waals surface area contributed by atoms with Crippen molar-refractivity contribution in [3.63, 3.8) is 0 Å². The van der Waals surface area contributed by atoms with Crippen LogP contribution in [-0.4, -0.2) is 40.6 Å². The van der Waals surface area contributed by atoms with Crippen LogP contribution in [0.15, 0.2) is 0 Å². The first-order valence-corrected chi connectivity index (χ1v) is 7.69. The number of carbonyl (C=O) groups is 1. The smallest absolute Gasteiger partial charge is 0.235 e.